The Labute approximate surface area is 120 Å². The Bertz CT molecular complexity index is 460. The van der Waals surface area contributed by atoms with Gasteiger partial charge >= 0.3 is 0 Å². The summed E-state index contributed by atoms with van der Waals surface area (Å²) in [4.78, 5) is 14.5. The summed E-state index contributed by atoms with van der Waals surface area (Å²) in [6.07, 6.45) is 1.56. The molecule has 0 saturated carbocycles. The number of aliphatic hydroxyl groups excluding tert-OH is 1. The minimum atomic E-state index is -0.346. The third-order valence-corrected chi connectivity index (χ3v) is 3.92. The van der Waals surface area contributed by atoms with Crippen molar-refractivity contribution in [2.24, 2.45) is 5.92 Å². The molecule has 1 amide bonds. The van der Waals surface area contributed by atoms with Gasteiger partial charge in [-0.25, -0.2) is 0 Å². The van der Waals surface area contributed by atoms with Gasteiger partial charge in [0.15, 0.2) is 0 Å². The van der Waals surface area contributed by atoms with Crippen LogP contribution in [0.25, 0.3) is 0 Å². The number of amides is 1. The largest absolute Gasteiger partial charge is 0.393 e. The maximum absolute atomic E-state index is 12.6. The van der Waals surface area contributed by atoms with Gasteiger partial charge in [0.05, 0.1) is 11.7 Å². The molecule has 1 saturated heterocycles. The lowest BCUT2D eigenvalue weighted by Crippen LogP contribution is -2.31. The number of hydrogen-bond donors (Lipinski definition) is 2. The highest BCUT2D eigenvalue weighted by atomic mass is 16.3. The Kier molecular flexibility index (Phi) is 5.01. The summed E-state index contributed by atoms with van der Waals surface area (Å²) in [7, 11) is 0. The topological polar surface area (TPSA) is 52.6 Å². The Morgan fingerprint density at radius 1 is 1.50 bits per heavy atom. The van der Waals surface area contributed by atoms with Crippen LogP contribution in [-0.2, 0) is 0 Å². The summed E-state index contributed by atoms with van der Waals surface area (Å²) >= 11 is 0. The summed E-state index contributed by atoms with van der Waals surface area (Å²) in [5, 5.41) is 12.9. The predicted octanol–water partition coefficient (Wildman–Crippen LogP) is 2.35. The fourth-order valence-corrected chi connectivity index (χ4v) is 2.62. The van der Waals surface area contributed by atoms with Gasteiger partial charge in [-0.1, -0.05) is 19.1 Å². The van der Waals surface area contributed by atoms with Crippen LogP contribution in [-0.4, -0.2) is 41.7 Å². The number of para-hydroxylation sites is 1. The van der Waals surface area contributed by atoms with E-state index >= 15 is 0 Å². The molecule has 1 heterocycles. The molecule has 0 bridgehead atoms. The monoisotopic (exact) mass is 276 g/mol. The van der Waals surface area contributed by atoms with Gasteiger partial charge in [0.2, 0.25) is 0 Å². The smallest absolute Gasteiger partial charge is 0.255 e. The van der Waals surface area contributed by atoms with E-state index in [0.29, 0.717) is 6.54 Å². The number of nitrogens with zero attached hydrogens (tertiary/aromatic N) is 1. The molecule has 2 rings (SSSR count). The van der Waals surface area contributed by atoms with Crippen LogP contribution in [0.2, 0.25) is 0 Å². The van der Waals surface area contributed by atoms with Gasteiger partial charge in [-0.3, -0.25) is 4.79 Å². The third-order valence-electron chi connectivity index (χ3n) is 3.92. The lowest BCUT2D eigenvalue weighted by Gasteiger charge is -2.19. The Balaban J connectivity index is 2.09. The molecular formula is C16H24N2O2. The van der Waals surface area contributed by atoms with Gasteiger partial charge in [-0.2, -0.15) is 0 Å². The summed E-state index contributed by atoms with van der Waals surface area (Å²) in [5.74, 6) is 0.266. The zero-order valence-electron chi connectivity index (χ0n) is 12.3. The van der Waals surface area contributed by atoms with E-state index in [1.54, 1.807) is 6.92 Å². The lowest BCUT2D eigenvalue weighted by molar-refractivity contribution is 0.0763. The molecule has 1 aliphatic heterocycles. The van der Waals surface area contributed by atoms with Crippen molar-refractivity contribution in [1.29, 1.82) is 0 Å². The molecule has 2 N–H and O–H groups in total. The number of aliphatic hydroxyl groups is 1. The zero-order valence-corrected chi connectivity index (χ0v) is 12.3. The summed E-state index contributed by atoms with van der Waals surface area (Å²) in [6.45, 7) is 6.15. The van der Waals surface area contributed by atoms with Crippen molar-refractivity contribution in [3.63, 3.8) is 0 Å². The average Bonchev–Trinajstić information content (AvgIpc) is 2.94. The zero-order chi connectivity index (χ0) is 14.5. The second-order valence-electron chi connectivity index (χ2n) is 5.51. The maximum Gasteiger partial charge on any atom is 0.255 e. The highest BCUT2D eigenvalue weighted by Crippen LogP contribution is 2.24. The lowest BCUT2D eigenvalue weighted by atomic mass is 10.0. The van der Waals surface area contributed by atoms with Crippen molar-refractivity contribution in [3.05, 3.63) is 29.8 Å². The number of hydrogen-bond acceptors (Lipinski definition) is 3. The Hall–Kier alpha value is -1.55. The van der Waals surface area contributed by atoms with E-state index in [2.05, 4.69) is 12.2 Å². The number of benzene rings is 1. The Morgan fingerprint density at radius 2 is 2.25 bits per heavy atom. The van der Waals surface area contributed by atoms with E-state index in [9.17, 15) is 9.90 Å². The second-order valence-corrected chi connectivity index (χ2v) is 5.51. The van der Waals surface area contributed by atoms with Crippen molar-refractivity contribution in [2.45, 2.75) is 32.8 Å². The van der Waals surface area contributed by atoms with Crippen LogP contribution < -0.4 is 5.32 Å². The van der Waals surface area contributed by atoms with Crippen molar-refractivity contribution >= 4 is 11.6 Å². The van der Waals surface area contributed by atoms with Crippen molar-refractivity contribution in [1.82, 2.24) is 4.90 Å². The minimum absolute atomic E-state index is 0.0624. The number of rotatable bonds is 5. The van der Waals surface area contributed by atoms with E-state index in [-0.39, 0.29) is 17.9 Å². The second kappa shape index (κ2) is 6.75. The van der Waals surface area contributed by atoms with Crippen molar-refractivity contribution < 1.29 is 9.90 Å². The molecule has 20 heavy (non-hydrogen) atoms. The number of likely N-dealkylation sites (tertiary alicyclic amines) is 1. The van der Waals surface area contributed by atoms with E-state index in [1.165, 1.54) is 0 Å². The molecular weight excluding hydrogens is 252 g/mol. The van der Waals surface area contributed by atoms with Gasteiger partial charge < -0.3 is 15.3 Å². The van der Waals surface area contributed by atoms with Gasteiger partial charge in [0.25, 0.3) is 5.91 Å². The Morgan fingerprint density at radius 3 is 2.90 bits per heavy atom. The first-order valence-electron chi connectivity index (χ1n) is 7.43. The molecule has 1 aromatic carbocycles. The fraction of sp³-hybridized carbons (Fsp3) is 0.562. The first kappa shape index (κ1) is 14.9. The van der Waals surface area contributed by atoms with Gasteiger partial charge in [0, 0.05) is 31.2 Å². The summed E-state index contributed by atoms with van der Waals surface area (Å²) in [6, 6.07) is 7.66. The van der Waals surface area contributed by atoms with Crippen molar-refractivity contribution in [3.8, 4) is 0 Å². The highest BCUT2D eigenvalue weighted by Gasteiger charge is 2.30. The number of nitrogens with one attached hydrogen (secondary N) is 1. The minimum Gasteiger partial charge on any atom is -0.393 e. The van der Waals surface area contributed by atoms with E-state index in [1.807, 2.05) is 29.2 Å². The molecule has 110 valence electrons. The quantitative estimate of drug-likeness (QED) is 0.868. The van der Waals surface area contributed by atoms with E-state index in [4.69, 9.17) is 0 Å². The predicted molar refractivity (Wildman–Crippen MR) is 80.9 cm³/mol. The number of carbonyl (C=O) groups excluding carboxylic acids is 1. The molecule has 2 unspecified atom stereocenters. The van der Waals surface area contributed by atoms with Crippen LogP contribution in [0.1, 0.15) is 37.0 Å². The van der Waals surface area contributed by atoms with Crippen LogP contribution in [0.15, 0.2) is 24.3 Å². The van der Waals surface area contributed by atoms with Gasteiger partial charge in [-0.15, -0.1) is 0 Å². The molecule has 4 nitrogen and oxygen atoms in total. The van der Waals surface area contributed by atoms with Crippen LogP contribution in [0, 0.1) is 5.92 Å². The van der Waals surface area contributed by atoms with E-state index < -0.39 is 0 Å². The van der Waals surface area contributed by atoms with Crippen LogP contribution >= 0.6 is 0 Å². The van der Waals surface area contributed by atoms with Crippen LogP contribution in [0.5, 0.6) is 0 Å². The normalized spacial score (nSPS) is 19.9. The van der Waals surface area contributed by atoms with Gasteiger partial charge in [0.1, 0.15) is 0 Å². The number of anilines is 1. The highest BCUT2D eigenvalue weighted by molar-refractivity contribution is 5.99. The molecule has 4 heteroatoms. The molecule has 0 aliphatic carbocycles. The molecule has 2 atom stereocenters. The summed E-state index contributed by atoms with van der Waals surface area (Å²) < 4.78 is 0. The van der Waals surface area contributed by atoms with E-state index in [0.717, 1.165) is 37.2 Å². The molecule has 0 spiro atoms. The fourth-order valence-electron chi connectivity index (χ4n) is 2.62. The SMILES string of the molecule is CCCNc1ccccc1C(=O)N1CCC(C(C)O)C1. The third kappa shape index (κ3) is 3.31. The number of carbonyl (C=O) groups is 1. The van der Waals surface area contributed by atoms with Crippen molar-refractivity contribution in [2.75, 3.05) is 25.0 Å². The molecule has 1 fully saturated rings. The maximum atomic E-state index is 12.6. The molecule has 1 aromatic rings. The first-order chi connectivity index (χ1) is 9.63. The molecule has 0 radical (unpaired) electrons. The average molecular weight is 276 g/mol. The molecule has 0 aromatic heterocycles. The summed E-state index contributed by atoms with van der Waals surface area (Å²) in [5.41, 5.74) is 1.63. The van der Waals surface area contributed by atoms with Crippen LogP contribution in [0.3, 0.4) is 0 Å². The van der Waals surface area contributed by atoms with Crippen LogP contribution in [0.4, 0.5) is 5.69 Å². The standard InChI is InChI=1S/C16H24N2O2/c1-3-9-17-15-7-5-4-6-14(15)16(20)18-10-8-13(11-18)12(2)19/h4-7,12-13,17,19H,3,8-11H2,1-2H3. The molecule has 1 aliphatic rings. The van der Waals surface area contributed by atoms with Gasteiger partial charge in [-0.05, 0) is 31.9 Å². The first-order valence-corrected chi connectivity index (χ1v) is 7.43.